The van der Waals surface area contributed by atoms with Crippen molar-refractivity contribution in [2.45, 2.75) is 46.2 Å². The maximum Gasteiger partial charge on any atom is 0.279 e. The first-order valence-corrected chi connectivity index (χ1v) is 11.2. The van der Waals surface area contributed by atoms with Gasteiger partial charge in [0.2, 0.25) is 5.91 Å². The van der Waals surface area contributed by atoms with Crippen LogP contribution in [0.4, 0.5) is 4.39 Å². The number of aromatic nitrogens is 1. The maximum absolute atomic E-state index is 13.3. The number of hydrogen-bond acceptors (Lipinski definition) is 5. The third-order valence-electron chi connectivity index (χ3n) is 4.99. The average Bonchev–Trinajstić information content (AvgIpc) is 3.16. The molecule has 1 amide bonds. The van der Waals surface area contributed by atoms with Gasteiger partial charge in [-0.3, -0.25) is 4.79 Å². The van der Waals surface area contributed by atoms with Gasteiger partial charge in [0.05, 0.1) is 10.2 Å². The quantitative estimate of drug-likeness (QED) is 0.594. The number of carbonyl (C=O) groups excluding carboxylic acids is 1. The van der Waals surface area contributed by atoms with Gasteiger partial charge in [-0.05, 0) is 42.7 Å². The fourth-order valence-corrected chi connectivity index (χ4v) is 4.18. The molecule has 2 aromatic carbocycles. The Hall–Kier alpha value is -2.51. The van der Waals surface area contributed by atoms with E-state index in [0.717, 1.165) is 37.2 Å². The summed E-state index contributed by atoms with van der Waals surface area (Å²) in [6.07, 6.45) is 1.97. The van der Waals surface area contributed by atoms with Crippen LogP contribution < -0.4 is 10.1 Å². The van der Waals surface area contributed by atoms with E-state index in [2.05, 4.69) is 10.3 Å². The summed E-state index contributed by atoms with van der Waals surface area (Å²) < 4.78 is 20.0. The van der Waals surface area contributed by atoms with Gasteiger partial charge in [-0.15, -0.1) is 0 Å². The fourth-order valence-electron chi connectivity index (χ4n) is 3.36. The lowest BCUT2D eigenvalue weighted by atomic mass is 10.0. The van der Waals surface area contributed by atoms with Crippen LogP contribution in [0.15, 0.2) is 42.5 Å². The summed E-state index contributed by atoms with van der Waals surface area (Å²) in [5.41, 5.74) is 1.78. The summed E-state index contributed by atoms with van der Waals surface area (Å²) in [6.45, 7) is 8.06. The molecule has 0 unspecified atom stereocenters. The lowest BCUT2D eigenvalue weighted by Gasteiger charge is -2.31. The lowest BCUT2D eigenvalue weighted by Crippen LogP contribution is -2.43. The summed E-state index contributed by atoms with van der Waals surface area (Å²) in [5, 5.41) is 4.07. The van der Waals surface area contributed by atoms with E-state index in [4.69, 9.17) is 4.74 Å². The van der Waals surface area contributed by atoms with Crippen molar-refractivity contribution in [2.24, 2.45) is 0 Å². The molecule has 1 N–H and O–H groups in total. The van der Waals surface area contributed by atoms with Crippen molar-refractivity contribution >= 4 is 27.5 Å². The molecule has 4 rings (SSSR count). The van der Waals surface area contributed by atoms with E-state index in [-0.39, 0.29) is 11.7 Å². The number of carbonyl (C=O) groups is 1. The molecule has 2 heterocycles. The van der Waals surface area contributed by atoms with Crippen molar-refractivity contribution < 1.29 is 13.9 Å². The minimum atomic E-state index is -0.298. The standard InChI is InChI=1S/C21H22FN3O2S.C2H6/c1-14(26)25-10-8-17(9-11-25)23-13-15-2-5-18(6-3-15)27-21-24-19-12-16(22)4-7-20(19)28-21;1-2/h2-7,12,17,23H,8-11,13H2,1H3;1-2H3. The van der Waals surface area contributed by atoms with Crippen molar-refractivity contribution in [3.63, 3.8) is 0 Å². The largest absolute Gasteiger partial charge is 0.431 e. The number of hydrogen-bond donors (Lipinski definition) is 1. The van der Waals surface area contributed by atoms with Crippen LogP contribution >= 0.6 is 11.3 Å². The van der Waals surface area contributed by atoms with Gasteiger partial charge in [-0.2, -0.15) is 0 Å². The Morgan fingerprint density at radius 2 is 1.90 bits per heavy atom. The molecule has 5 nitrogen and oxygen atoms in total. The van der Waals surface area contributed by atoms with Gasteiger partial charge in [0.1, 0.15) is 11.6 Å². The van der Waals surface area contributed by atoms with Gasteiger partial charge in [0, 0.05) is 38.7 Å². The van der Waals surface area contributed by atoms with E-state index in [1.807, 2.05) is 43.0 Å². The van der Waals surface area contributed by atoms with E-state index in [1.54, 1.807) is 13.0 Å². The van der Waals surface area contributed by atoms with Crippen LogP contribution in [-0.2, 0) is 11.3 Å². The molecular formula is C23H28FN3O2S. The first kappa shape index (κ1) is 22.2. The van der Waals surface area contributed by atoms with Crippen LogP contribution in [0.5, 0.6) is 10.9 Å². The molecule has 30 heavy (non-hydrogen) atoms. The number of thiazole rings is 1. The molecule has 1 saturated heterocycles. The monoisotopic (exact) mass is 429 g/mol. The van der Waals surface area contributed by atoms with E-state index in [1.165, 1.54) is 29.0 Å². The second-order valence-corrected chi connectivity index (χ2v) is 7.99. The third-order valence-corrected chi connectivity index (χ3v) is 5.91. The highest BCUT2D eigenvalue weighted by Crippen LogP contribution is 2.31. The maximum atomic E-state index is 13.3. The zero-order chi connectivity index (χ0) is 21.5. The molecule has 0 bridgehead atoms. The van der Waals surface area contributed by atoms with Crippen LogP contribution in [-0.4, -0.2) is 34.9 Å². The number of halogens is 1. The van der Waals surface area contributed by atoms with Crippen molar-refractivity contribution in [3.05, 3.63) is 53.8 Å². The number of nitrogens with one attached hydrogen (secondary N) is 1. The number of ether oxygens (including phenoxy) is 1. The van der Waals surface area contributed by atoms with Crippen molar-refractivity contribution in [1.82, 2.24) is 15.2 Å². The first-order valence-electron chi connectivity index (χ1n) is 10.4. The Morgan fingerprint density at radius 1 is 1.20 bits per heavy atom. The van der Waals surface area contributed by atoms with Crippen LogP contribution in [0.1, 0.15) is 39.2 Å². The van der Waals surface area contributed by atoms with Crippen molar-refractivity contribution in [2.75, 3.05) is 13.1 Å². The number of rotatable bonds is 5. The Kier molecular flexibility index (Phi) is 7.76. The summed E-state index contributed by atoms with van der Waals surface area (Å²) in [4.78, 5) is 17.6. The zero-order valence-corrected chi connectivity index (χ0v) is 18.5. The number of fused-ring (bicyclic) bond motifs is 1. The molecule has 0 spiro atoms. The fraction of sp³-hybridized carbons (Fsp3) is 0.391. The molecule has 0 atom stereocenters. The second-order valence-electron chi connectivity index (χ2n) is 7.00. The number of piperidine rings is 1. The van der Waals surface area contributed by atoms with E-state index >= 15 is 0 Å². The molecule has 160 valence electrons. The first-order chi connectivity index (χ1) is 14.6. The van der Waals surface area contributed by atoms with Gasteiger partial charge in [-0.1, -0.05) is 37.3 Å². The molecule has 1 aliphatic rings. The molecule has 0 aliphatic carbocycles. The molecule has 3 aromatic rings. The van der Waals surface area contributed by atoms with Crippen LogP contribution in [0.3, 0.4) is 0 Å². The molecule has 1 fully saturated rings. The second kappa shape index (κ2) is 10.5. The average molecular weight is 430 g/mol. The van der Waals surface area contributed by atoms with Crippen LogP contribution in [0, 0.1) is 5.82 Å². The van der Waals surface area contributed by atoms with Crippen molar-refractivity contribution in [1.29, 1.82) is 0 Å². The Balaban J connectivity index is 0.00000124. The predicted octanol–water partition coefficient (Wildman–Crippen LogP) is 5.35. The predicted molar refractivity (Wildman–Crippen MR) is 120 cm³/mol. The molecule has 7 heteroatoms. The van der Waals surface area contributed by atoms with E-state index in [9.17, 15) is 9.18 Å². The van der Waals surface area contributed by atoms with E-state index in [0.29, 0.717) is 22.5 Å². The normalized spacial score (nSPS) is 14.3. The Labute approximate surface area is 180 Å². The SMILES string of the molecule is CC.CC(=O)N1CCC(NCc2ccc(Oc3nc4cc(F)ccc4s3)cc2)CC1. The number of benzene rings is 2. The molecule has 0 radical (unpaired) electrons. The molecule has 1 aromatic heterocycles. The van der Waals surface area contributed by atoms with E-state index < -0.39 is 0 Å². The lowest BCUT2D eigenvalue weighted by molar-refractivity contribution is -0.129. The third kappa shape index (κ3) is 5.77. The highest BCUT2D eigenvalue weighted by atomic mass is 32.1. The highest BCUT2D eigenvalue weighted by Gasteiger charge is 2.20. The smallest absolute Gasteiger partial charge is 0.279 e. The van der Waals surface area contributed by atoms with Gasteiger partial charge < -0.3 is 15.0 Å². The minimum Gasteiger partial charge on any atom is -0.431 e. The van der Waals surface area contributed by atoms with Crippen LogP contribution in [0.2, 0.25) is 0 Å². The van der Waals surface area contributed by atoms with Crippen LogP contribution in [0.25, 0.3) is 10.2 Å². The Bertz CT molecular complexity index is 966. The summed E-state index contributed by atoms with van der Waals surface area (Å²) in [6, 6.07) is 12.9. The molecule has 0 saturated carbocycles. The summed E-state index contributed by atoms with van der Waals surface area (Å²) in [5.74, 6) is 0.568. The molecular weight excluding hydrogens is 401 g/mol. The summed E-state index contributed by atoms with van der Waals surface area (Å²) >= 11 is 1.40. The minimum absolute atomic E-state index is 0.160. The highest BCUT2D eigenvalue weighted by molar-refractivity contribution is 7.20. The zero-order valence-electron chi connectivity index (χ0n) is 17.7. The number of nitrogens with zero attached hydrogens (tertiary/aromatic N) is 2. The van der Waals surface area contributed by atoms with Gasteiger partial charge in [-0.25, -0.2) is 9.37 Å². The Morgan fingerprint density at radius 3 is 2.57 bits per heavy atom. The number of likely N-dealkylation sites (tertiary alicyclic amines) is 1. The molecule has 1 aliphatic heterocycles. The topological polar surface area (TPSA) is 54.5 Å². The van der Waals surface area contributed by atoms with Gasteiger partial charge in [0.25, 0.3) is 5.19 Å². The van der Waals surface area contributed by atoms with Crippen molar-refractivity contribution in [3.8, 4) is 10.9 Å². The van der Waals surface area contributed by atoms with Gasteiger partial charge >= 0.3 is 0 Å². The number of amides is 1. The van der Waals surface area contributed by atoms with Gasteiger partial charge in [0.15, 0.2) is 0 Å². The summed E-state index contributed by atoms with van der Waals surface area (Å²) in [7, 11) is 0.